The van der Waals surface area contributed by atoms with Gasteiger partial charge in [0.1, 0.15) is 0 Å². The van der Waals surface area contributed by atoms with E-state index in [2.05, 4.69) is 60.3 Å². The number of allylic oxidation sites excluding steroid dienone is 1. The minimum Gasteiger partial charge on any atom is -0.478 e. The lowest BCUT2D eigenvalue weighted by Gasteiger charge is -2.21. The van der Waals surface area contributed by atoms with Crippen LogP contribution >= 0.6 is 0 Å². The zero-order chi connectivity index (χ0) is 21.7. The Morgan fingerprint density at radius 1 is 1.16 bits per heavy atom. The second-order valence-electron chi connectivity index (χ2n) is 7.92. The standard InChI is InChI=1S/C25H22N4O2/c1-15-6-4-7-17(12-15)28(2)22-9-5-8-19-23(27-29(3)24(19)22)16-13-20-18(25(30)31)10-11-26-21(20)14-16/h4-12,14H,13H2,1-3H3,(H,30,31). The molecule has 0 bridgehead atoms. The van der Waals surface area contributed by atoms with Crippen LogP contribution in [0.5, 0.6) is 0 Å². The Morgan fingerprint density at radius 3 is 2.74 bits per heavy atom. The number of benzene rings is 2. The van der Waals surface area contributed by atoms with Gasteiger partial charge in [-0.15, -0.1) is 0 Å². The molecule has 0 unspecified atom stereocenters. The minimum atomic E-state index is -0.929. The molecule has 0 spiro atoms. The number of aryl methyl sites for hydroxylation is 2. The lowest BCUT2D eigenvalue weighted by atomic mass is 10.0. The number of carboxylic acids is 1. The Kier molecular flexibility index (Phi) is 4.36. The number of fused-ring (bicyclic) bond motifs is 2. The van der Waals surface area contributed by atoms with E-state index >= 15 is 0 Å². The molecule has 0 atom stereocenters. The first-order valence-electron chi connectivity index (χ1n) is 10.1. The van der Waals surface area contributed by atoms with Crippen molar-refractivity contribution in [2.45, 2.75) is 13.3 Å². The second-order valence-corrected chi connectivity index (χ2v) is 7.92. The molecule has 0 saturated carbocycles. The number of carbonyl (C=O) groups is 1. The highest BCUT2D eigenvalue weighted by Gasteiger charge is 2.25. The number of carboxylic acid groups (broad SMARTS) is 1. The summed E-state index contributed by atoms with van der Waals surface area (Å²) >= 11 is 0. The van der Waals surface area contributed by atoms with E-state index in [1.165, 1.54) is 5.56 Å². The van der Waals surface area contributed by atoms with E-state index in [9.17, 15) is 9.90 Å². The van der Waals surface area contributed by atoms with Crippen LogP contribution in [0.3, 0.4) is 0 Å². The molecule has 0 fully saturated rings. The Balaban J connectivity index is 1.61. The molecule has 2 aromatic heterocycles. The number of aromatic nitrogens is 3. The molecular formula is C25H22N4O2. The minimum absolute atomic E-state index is 0.302. The van der Waals surface area contributed by atoms with Crippen molar-refractivity contribution >= 4 is 39.9 Å². The van der Waals surface area contributed by atoms with Gasteiger partial charge in [-0.1, -0.05) is 24.3 Å². The average molecular weight is 410 g/mol. The summed E-state index contributed by atoms with van der Waals surface area (Å²) in [6.45, 7) is 2.09. The average Bonchev–Trinajstić information content (AvgIpc) is 3.34. The zero-order valence-corrected chi connectivity index (χ0v) is 17.6. The molecule has 0 aliphatic heterocycles. The zero-order valence-electron chi connectivity index (χ0n) is 17.6. The highest BCUT2D eigenvalue weighted by molar-refractivity contribution is 6.04. The summed E-state index contributed by atoms with van der Waals surface area (Å²) in [7, 11) is 4.01. The number of aromatic carboxylic acids is 1. The fraction of sp³-hybridized carbons (Fsp3) is 0.160. The van der Waals surface area contributed by atoms with Gasteiger partial charge < -0.3 is 10.0 Å². The van der Waals surface area contributed by atoms with Gasteiger partial charge in [0.05, 0.1) is 28.2 Å². The largest absolute Gasteiger partial charge is 0.478 e. The SMILES string of the molecule is Cc1cccc(N(C)c2cccc3c(C4=Cc5nccc(C(=O)O)c5C4)nn(C)c23)c1. The van der Waals surface area contributed by atoms with Gasteiger partial charge in [-0.2, -0.15) is 5.10 Å². The first kappa shape index (κ1) is 19.1. The molecule has 4 aromatic rings. The number of pyridine rings is 1. The van der Waals surface area contributed by atoms with E-state index in [0.717, 1.165) is 39.1 Å². The van der Waals surface area contributed by atoms with Crippen LogP contribution in [0.15, 0.2) is 54.7 Å². The van der Waals surface area contributed by atoms with Crippen molar-refractivity contribution in [2.24, 2.45) is 7.05 Å². The molecule has 2 aromatic carbocycles. The van der Waals surface area contributed by atoms with Crippen molar-refractivity contribution in [1.82, 2.24) is 14.8 Å². The van der Waals surface area contributed by atoms with Crippen LogP contribution in [0.2, 0.25) is 0 Å². The third kappa shape index (κ3) is 3.08. The van der Waals surface area contributed by atoms with Gasteiger partial charge in [0.15, 0.2) is 0 Å². The van der Waals surface area contributed by atoms with Crippen molar-refractivity contribution in [2.75, 3.05) is 11.9 Å². The van der Waals surface area contributed by atoms with Gasteiger partial charge in [0.2, 0.25) is 0 Å². The van der Waals surface area contributed by atoms with Gasteiger partial charge in [-0.05, 0) is 54.0 Å². The lowest BCUT2D eigenvalue weighted by molar-refractivity contribution is 0.0695. The highest BCUT2D eigenvalue weighted by Crippen LogP contribution is 2.38. The predicted octanol–water partition coefficient (Wildman–Crippen LogP) is 4.84. The second kappa shape index (κ2) is 7.09. The lowest BCUT2D eigenvalue weighted by Crippen LogP contribution is -2.11. The molecule has 154 valence electrons. The number of nitrogens with zero attached hydrogens (tertiary/aromatic N) is 4. The Bertz CT molecular complexity index is 1380. The Labute approximate surface area is 180 Å². The monoisotopic (exact) mass is 410 g/mol. The number of para-hydroxylation sites is 1. The van der Waals surface area contributed by atoms with Crippen LogP contribution in [-0.4, -0.2) is 32.9 Å². The van der Waals surface area contributed by atoms with Crippen molar-refractivity contribution in [1.29, 1.82) is 0 Å². The smallest absolute Gasteiger partial charge is 0.336 e. The van der Waals surface area contributed by atoms with E-state index < -0.39 is 5.97 Å². The fourth-order valence-corrected chi connectivity index (χ4v) is 4.38. The van der Waals surface area contributed by atoms with E-state index in [1.54, 1.807) is 12.3 Å². The van der Waals surface area contributed by atoms with E-state index in [1.807, 2.05) is 23.9 Å². The summed E-state index contributed by atoms with van der Waals surface area (Å²) < 4.78 is 1.90. The van der Waals surface area contributed by atoms with Gasteiger partial charge in [-0.3, -0.25) is 9.67 Å². The number of hydrogen-bond donors (Lipinski definition) is 1. The Morgan fingerprint density at radius 2 is 1.97 bits per heavy atom. The molecule has 5 rings (SSSR count). The topological polar surface area (TPSA) is 71.2 Å². The predicted molar refractivity (Wildman–Crippen MR) is 123 cm³/mol. The third-order valence-corrected chi connectivity index (χ3v) is 5.90. The van der Waals surface area contributed by atoms with E-state index in [0.29, 0.717) is 17.7 Å². The molecule has 6 heteroatoms. The fourth-order valence-electron chi connectivity index (χ4n) is 4.38. The molecule has 0 amide bonds. The molecule has 0 saturated heterocycles. The van der Waals surface area contributed by atoms with E-state index in [-0.39, 0.29) is 0 Å². The van der Waals surface area contributed by atoms with Crippen LogP contribution in [0, 0.1) is 6.92 Å². The van der Waals surface area contributed by atoms with Crippen LogP contribution in [0.25, 0.3) is 22.6 Å². The molecule has 2 heterocycles. The van der Waals surface area contributed by atoms with Gasteiger partial charge in [0, 0.05) is 37.8 Å². The summed E-state index contributed by atoms with van der Waals surface area (Å²) in [6.07, 6.45) is 4.02. The maximum atomic E-state index is 11.6. The Hall–Kier alpha value is -3.93. The van der Waals surface area contributed by atoms with Crippen molar-refractivity contribution in [3.05, 3.63) is 82.8 Å². The van der Waals surface area contributed by atoms with Gasteiger partial charge in [0.25, 0.3) is 0 Å². The maximum Gasteiger partial charge on any atom is 0.336 e. The van der Waals surface area contributed by atoms with Crippen molar-refractivity contribution < 1.29 is 9.90 Å². The normalized spacial score (nSPS) is 12.7. The summed E-state index contributed by atoms with van der Waals surface area (Å²) in [5.41, 5.74) is 8.02. The summed E-state index contributed by atoms with van der Waals surface area (Å²) in [5.74, 6) is -0.929. The van der Waals surface area contributed by atoms with Gasteiger partial charge in [-0.25, -0.2) is 4.79 Å². The molecule has 6 nitrogen and oxygen atoms in total. The third-order valence-electron chi connectivity index (χ3n) is 5.90. The van der Waals surface area contributed by atoms with Crippen LogP contribution in [0.1, 0.15) is 32.9 Å². The van der Waals surface area contributed by atoms with Crippen molar-refractivity contribution in [3.8, 4) is 0 Å². The first-order chi connectivity index (χ1) is 14.9. The van der Waals surface area contributed by atoms with E-state index in [4.69, 9.17) is 5.10 Å². The first-order valence-corrected chi connectivity index (χ1v) is 10.1. The summed E-state index contributed by atoms with van der Waals surface area (Å²) in [5, 5.41) is 15.4. The number of rotatable bonds is 4. The number of anilines is 2. The quantitative estimate of drug-likeness (QED) is 0.521. The molecule has 0 radical (unpaired) electrons. The summed E-state index contributed by atoms with van der Waals surface area (Å²) in [4.78, 5) is 18.2. The number of hydrogen-bond acceptors (Lipinski definition) is 4. The highest BCUT2D eigenvalue weighted by atomic mass is 16.4. The van der Waals surface area contributed by atoms with Crippen molar-refractivity contribution in [3.63, 3.8) is 0 Å². The molecule has 1 N–H and O–H groups in total. The van der Waals surface area contributed by atoms with Crippen LogP contribution in [-0.2, 0) is 13.5 Å². The molecule has 1 aliphatic rings. The maximum absolute atomic E-state index is 11.6. The molecular weight excluding hydrogens is 388 g/mol. The molecule has 31 heavy (non-hydrogen) atoms. The van der Waals surface area contributed by atoms with Crippen LogP contribution < -0.4 is 4.90 Å². The van der Waals surface area contributed by atoms with Gasteiger partial charge >= 0.3 is 5.97 Å². The molecule has 1 aliphatic carbocycles. The van der Waals surface area contributed by atoms with Crippen LogP contribution in [0.4, 0.5) is 11.4 Å². The summed E-state index contributed by atoms with van der Waals surface area (Å²) in [6, 6.07) is 16.2.